The van der Waals surface area contributed by atoms with Crippen molar-refractivity contribution in [3.63, 3.8) is 0 Å². The molecule has 0 saturated carbocycles. The Kier molecular flexibility index (Phi) is 5.14. The predicted molar refractivity (Wildman–Crippen MR) is 93.4 cm³/mol. The third kappa shape index (κ3) is 4.07. The molecular weight excluding hydrogens is 340 g/mol. The van der Waals surface area contributed by atoms with E-state index in [2.05, 4.69) is 26.2 Å². The number of carbonyl (C=O) groups is 2. The fourth-order valence-corrected chi connectivity index (χ4v) is 3.12. The molecule has 0 aliphatic carbocycles. The van der Waals surface area contributed by atoms with Crippen LogP contribution in [0, 0.1) is 0 Å². The summed E-state index contributed by atoms with van der Waals surface area (Å²) in [6, 6.07) is 8.43. The number of hydrogen-bond acceptors (Lipinski definition) is 6. The van der Waals surface area contributed by atoms with Gasteiger partial charge in [0.05, 0.1) is 12.5 Å². The quantitative estimate of drug-likeness (QED) is 0.700. The van der Waals surface area contributed by atoms with Crippen molar-refractivity contribution in [3.8, 4) is 0 Å². The van der Waals surface area contributed by atoms with Crippen LogP contribution < -0.4 is 10.6 Å². The molecule has 0 bridgehead atoms. The SMILES string of the molecule is CNC(=O)c1cccc(NC(=O)CC(c2ccsc2)n2cnnn2)c1. The molecule has 2 N–H and O–H groups in total. The van der Waals surface area contributed by atoms with E-state index in [1.807, 2.05) is 16.8 Å². The molecule has 1 unspecified atom stereocenters. The van der Waals surface area contributed by atoms with Crippen molar-refractivity contribution in [1.29, 1.82) is 0 Å². The second-order valence-corrected chi connectivity index (χ2v) is 6.05. The molecule has 3 rings (SSSR count). The zero-order chi connectivity index (χ0) is 17.6. The number of hydrogen-bond donors (Lipinski definition) is 2. The molecule has 0 saturated heterocycles. The molecule has 25 heavy (non-hydrogen) atoms. The van der Waals surface area contributed by atoms with Crippen molar-refractivity contribution >= 4 is 28.8 Å². The molecule has 0 fully saturated rings. The van der Waals surface area contributed by atoms with E-state index < -0.39 is 0 Å². The monoisotopic (exact) mass is 356 g/mol. The molecule has 128 valence electrons. The van der Waals surface area contributed by atoms with Gasteiger partial charge in [0.15, 0.2) is 0 Å². The minimum atomic E-state index is -0.289. The van der Waals surface area contributed by atoms with Crippen molar-refractivity contribution in [3.05, 3.63) is 58.5 Å². The minimum absolute atomic E-state index is 0.173. The van der Waals surface area contributed by atoms with Crippen LogP contribution in [0.4, 0.5) is 5.69 Å². The average molecular weight is 356 g/mol. The summed E-state index contributed by atoms with van der Waals surface area (Å²) < 4.78 is 1.56. The maximum Gasteiger partial charge on any atom is 0.251 e. The Balaban J connectivity index is 1.73. The van der Waals surface area contributed by atoms with Crippen molar-refractivity contribution in [2.24, 2.45) is 0 Å². The number of anilines is 1. The molecular formula is C16H16N6O2S. The highest BCUT2D eigenvalue weighted by Gasteiger charge is 2.20. The number of carbonyl (C=O) groups excluding carboxylic acids is 2. The molecule has 2 aromatic heterocycles. The van der Waals surface area contributed by atoms with E-state index in [1.54, 1.807) is 47.3 Å². The Morgan fingerprint density at radius 3 is 2.88 bits per heavy atom. The first kappa shape index (κ1) is 16.8. The predicted octanol–water partition coefficient (Wildman–Crippen LogP) is 1.71. The minimum Gasteiger partial charge on any atom is -0.355 e. The van der Waals surface area contributed by atoms with Gasteiger partial charge in [-0.05, 0) is 51.0 Å². The fraction of sp³-hybridized carbons (Fsp3) is 0.188. The van der Waals surface area contributed by atoms with Gasteiger partial charge in [0.25, 0.3) is 5.91 Å². The summed E-state index contributed by atoms with van der Waals surface area (Å²) in [7, 11) is 1.56. The largest absolute Gasteiger partial charge is 0.355 e. The molecule has 9 heteroatoms. The smallest absolute Gasteiger partial charge is 0.251 e. The van der Waals surface area contributed by atoms with Gasteiger partial charge in [-0.15, -0.1) is 5.10 Å². The van der Waals surface area contributed by atoms with Gasteiger partial charge in [0.2, 0.25) is 5.91 Å². The molecule has 0 spiro atoms. The molecule has 0 radical (unpaired) electrons. The second-order valence-electron chi connectivity index (χ2n) is 5.27. The summed E-state index contributed by atoms with van der Waals surface area (Å²) in [5, 5.41) is 20.5. The van der Waals surface area contributed by atoms with Crippen molar-refractivity contribution in [1.82, 2.24) is 25.5 Å². The lowest BCUT2D eigenvalue weighted by atomic mass is 10.1. The van der Waals surface area contributed by atoms with E-state index in [4.69, 9.17) is 0 Å². The normalized spacial score (nSPS) is 11.7. The zero-order valence-corrected chi connectivity index (χ0v) is 14.2. The van der Waals surface area contributed by atoms with Crippen LogP contribution in [0.15, 0.2) is 47.4 Å². The first-order valence-corrected chi connectivity index (χ1v) is 8.48. The topological polar surface area (TPSA) is 102 Å². The van der Waals surface area contributed by atoms with Crippen molar-refractivity contribution < 1.29 is 9.59 Å². The second kappa shape index (κ2) is 7.67. The number of aromatic nitrogens is 4. The third-order valence-electron chi connectivity index (χ3n) is 3.63. The van der Waals surface area contributed by atoms with Gasteiger partial charge in [-0.25, -0.2) is 4.68 Å². The number of nitrogens with zero attached hydrogens (tertiary/aromatic N) is 4. The Labute approximate surface area is 147 Å². The first-order chi connectivity index (χ1) is 12.2. The summed E-state index contributed by atoms with van der Waals surface area (Å²) in [4.78, 5) is 24.2. The van der Waals surface area contributed by atoms with Crippen LogP contribution in [0.2, 0.25) is 0 Å². The van der Waals surface area contributed by atoms with Crippen LogP contribution in [0.25, 0.3) is 0 Å². The third-order valence-corrected chi connectivity index (χ3v) is 4.33. The highest BCUT2D eigenvalue weighted by molar-refractivity contribution is 7.08. The summed E-state index contributed by atoms with van der Waals surface area (Å²) in [5.74, 6) is -0.401. The lowest BCUT2D eigenvalue weighted by Crippen LogP contribution is -2.21. The Hall–Kier alpha value is -3.07. The molecule has 0 aliphatic rings. The number of thiophene rings is 1. The Morgan fingerprint density at radius 2 is 2.20 bits per heavy atom. The zero-order valence-electron chi connectivity index (χ0n) is 13.4. The van der Waals surface area contributed by atoms with Crippen LogP contribution in [0.3, 0.4) is 0 Å². The van der Waals surface area contributed by atoms with Gasteiger partial charge in [-0.1, -0.05) is 6.07 Å². The average Bonchev–Trinajstić information content (AvgIpc) is 3.33. The van der Waals surface area contributed by atoms with E-state index >= 15 is 0 Å². The summed E-state index contributed by atoms with van der Waals surface area (Å²) in [5.41, 5.74) is 2.01. The summed E-state index contributed by atoms with van der Waals surface area (Å²) >= 11 is 1.55. The molecule has 8 nitrogen and oxygen atoms in total. The molecule has 1 aromatic carbocycles. The van der Waals surface area contributed by atoms with Crippen LogP contribution in [0.5, 0.6) is 0 Å². The lowest BCUT2D eigenvalue weighted by Gasteiger charge is -2.15. The van der Waals surface area contributed by atoms with E-state index in [9.17, 15) is 9.59 Å². The Morgan fingerprint density at radius 1 is 1.32 bits per heavy atom. The van der Waals surface area contributed by atoms with Gasteiger partial charge in [-0.3, -0.25) is 9.59 Å². The highest BCUT2D eigenvalue weighted by atomic mass is 32.1. The number of nitrogens with one attached hydrogen (secondary N) is 2. The van der Waals surface area contributed by atoms with E-state index in [0.29, 0.717) is 11.3 Å². The first-order valence-electron chi connectivity index (χ1n) is 7.54. The number of rotatable bonds is 6. The van der Waals surface area contributed by atoms with Gasteiger partial charge >= 0.3 is 0 Å². The summed E-state index contributed by atoms with van der Waals surface area (Å²) in [6.45, 7) is 0. The van der Waals surface area contributed by atoms with Gasteiger partial charge in [-0.2, -0.15) is 11.3 Å². The molecule has 2 heterocycles. The molecule has 2 amide bonds. The van der Waals surface area contributed by atoms with E-state index in [-0.39, 0.29) is 24.3 Å². The van der Waals surface area contributed by atoms with Crippen LogP contribution in [-0.2, 0) is 4.79 Å². The highest BCUT2D eigenvalue weighted by Crippen LogP contribution is 2.24. The maximum atomic E-state index is 12.5. The number of amides is 2. The van der Waals surface area contributed by atoms with E-state index in [0.717, 1.165) is 5.56 Å². The lowest BCUT2D eigenvalue weighted by molar-refractivity contribution is -0.116. The van der Waals surface area contributed by atoms with Crippen molar-refractivity contribution in [2.45, 2.75) is 12.5 Å². The molecule has 3 aromatic rings. The van der Waals surface area contributed by atoms with Crippen molar-refractivity contribution in [2.75, 3.05) is 12.4 Å². The van der Waals surface area contributed by atoms with Crippen LogP contribution >= 0.6 is 11.3 Å². The van der Waals surface area contributed by atoms with Gasteiger partial charge in [0, 0.05) is 18.3 Å². The number of tetrazole rings is 1. The fourth-order valence-electron chi connectivity index (χ4n) is 2.41. The van der Waals surface area contributed by atoms with Gasteiger partial charge < -0.3 is 10.6 Å². The molecule has 1 atom stereocenters. The van der Waals surface area contributed by atoms with Crippen LogP contribution in [-0.4, -0.2) is 39.1 Å². The Bertz CT molecular complexity index is 813. The number of benzene rings is 1. The molecule has 0 aliphatic heterocycles. The maximum absolute atomic E-state index is 12.5. The van der Waals surface area contributed by atoms with Crippen LogP contribution in [0.1, 0.15) is 28.4 Å². The van der Waals surface area contributed by atoms with E-state index in [1.165, 1.54) is 6.33 Å². The standard InChI is InChI=1S/C16H16N6O2S/c1-17-16(24)11-3-2-4-13(7-11)19-15(23)8-14(12-5-6-25-9-12)22-10-18-20-21-22/h2-7,9-10,14H,8H2,1H3,(H,17,24)(H,19,23). The summed E-state index contributed by atoms with van der Waals surface area (Å²) in [6.07, 6.45) is 1.66. The van der Waals surface area contributed by atoms with Gasteiger partial charge in [0.1, 0.15) is 6.33 Å².